The lowest BCUT2D eigenvalue weighted by Crippen LogP contribution is -2.48. The number of halogens is 3. The van der Waals surface area contributed by atoms with Gasteiger partial charge in [-0.2, -0.15) is 13.2 Å². The molecule has 0 saturated carbocycles. The highest BCUT2D eigenvalue weighted by atomic mass is 19.4. The molecule has 0 aliphatic carbocycles. The van der Waals surface area contributed by atoms with Gasteiger partial charge in [0.15, 0.2) is 5.41 Å². The van der Waals surface area contributed by atoms with Gasteiger partial charge in [0.2, 0.25) is 5.91 Å². The number of nitrogens with zero attached hydrogens (tertiary/aromatic N) is 1. The number of aliphatic carboxylic acids is 1. The van der Waals surface area contributed by atoms with Crippen LogP contribution >= 0.6 is 0 Å². The minimum Gasteiger partial charge on any atom is -0.497 e. The quantitative estimate of drug-likeness (QED) is 0.810. The second kappa shape index (κ2) is 7.22. The summed E-state index contributed by atoms with van der Waals surface area (Å²) in [5, 5.41) is 11.3. The number of carboxylic acid groups (broad SMARTS) is 1. The number of hydrogen-bond donors (Lipinski definition) is 2. The first-order chi connectivity index (χ1) is 12.1. The van der Waals surface area contributed by atoms with Gasteiger partial charge in [-0.3, -0.25) is 14.4 Å². The third-order valence-corrected chi connectivity index (χ3v) is 4.31. The van der Waals surface area contributed by atoms with Crippen molar-refractivity contribution < 1.29 is 37.4 Å². The van der Waals surface area contributed by atoms with Gasteiger partial charge in [0.1, 0.15) is 5.75 Å². The number of carbonyl (C=O) groups is 3. The van der Waals surface area contributed by atoms with Gasteiger partial charge in [-0.15, -0.1) is 0 Å². The molecule has 1 unspecified atom stereocenters. The van der Waals surface area contributed by atoms with Crippen molar-refractivity contribution in [2.75, 3.05) is 26.7 Å². The second-order valence-electron chi connectivity index (χ2n) is 5.86. The van der Waals surface area contributed by atoms with Crippen LogP contribution in [0, 0.1) is 5.41 Å². The molecule has 1 aliphatic rings. The first-order valence-electron chi connectivity index (χ1n) is 7.61. The number of hydrogen-bond acceptors (Lipinski definition) is 4. The van der Waals surface area contributed by atoms with Crippen molar-refractivity contribution in [1.29, 1.82) is 0 Å². The number of methoxy groups -OCH3 is 1. The van der Waals surface area contributed by atoms with Gasteiger partial charge in [-0.1, -0.05) is 6.07 Å². The van der Waals surface area contributed by atoms with Crippen LogP contribution in [0.4, 0.5) is 13.2 Å². The zero-order chi connectivity index (χ0) is 19.5. The Bertz CT molecular complexity index is 722. The molecule has 0 radical (unpaired) electrons. The van der Waals surface area contributed by atoms with Gasteiger partial charge in [-0.25, -0.2) is 0 Å². The average molecular weight is 374 g/mol. The highest BCUT2D eigenvalue weighted by Gasteiger charge is 2.64. The number of benzene rings is 1. The number of amides is 2. The molecule has 1 heterocycles. The third kappa shape index (κ3) is 3.73. The SMILES string of the molecule is COc1cccc(C(=O)NCC(=O)N2CCC(C(=O)O)(C(F)(F)F)C2)c1. The van der Waals surface area contributed by atoms with Crippen molar-refractivity contribution in [3.63, 3.8) is 0 Å². The van der Waals surface area contributed by atoms with E-state index in [1.807, 2.05) is 0 Å². The molecule has 0 spiro atoms. The zero-order valence-corrected chi connectivity index (χ0v) is 13.8. The number of carboxylic acids is 1. The topological polar surface area (TPSA) is 95.9 Å². The van der Waals surface area contributed by atoms with E-state index in [1.165, 1.54) is 19.2 Å². The highest BCUT2D eigenvalue weighted by Crippen LogP contribution is 2.45. The number of likely N-dealkylation sites (tertiary alicyclic amines) is 1. The smallest absolute Gasteiger partial charge is 0.406 e. The number of ether oxygens (including phenoxy) is 1. The van der Waals surface area contributed by atoms with E-state index in [2.05, 4.69) is 5.32 Å². The molecule has 1 aromatic carbocycles. The lowest BCUT2D eigenvalue weighted by Gasteiger charge is -2.27. The normalized spacial score (nSPS) is 19.9. The van der Waals surface area contributed by atoms with Gasteiger partial charge in [0.25, 0.3) is 5.91 Å². The molecular weight excluding hydrogens is 357 g/mol. The first kappa shape index (κ1) is 19.5. The monoisotopic (exact) mass is 374 g/mol. The predicted molar refractivity (Wildman–Crippen MR) is 82.6 cm³/mol. The minimum atomic E-state index is -4.97. The van der Waals surface area contributed by atoms with E-state index in [4.69, 9.17) is 9.84 Å². The van der Waals surface area contributed by atoms with Crippen LogP contribution in [0.1, 0.15) is 16.8 Å². The first-order valence-corrected chi connectivity index (χ1v) is 7.61. The van der Waals surface area contributed by atoms with Crippen molar-refractivity contribution in [1.82, 2.24) is 10.2 Å². The Morgan fingerprint density at radius 3 is 2.58 bits per heavy atom. The number of carbonyl (C=O) groups excluding carboxylic acids is 2. The van der Waals surface area contributed by atoms with E-state index in [-0.39, 0.29) is 12.1 Å². The van der Waals surface area contributed by atoms with Gasteiger partial charge in [0.05, 0.1) is 13.7 Å². The Morgan fingerprint density at radius 2 is 2.04 bits per heavy atom. The van der Waals surface area contributed by atoms with Crippen LogP contribution in [0.5, 0.6) is 5.75 Å². The maximum Gasteiger partial charge on any atom is 0.406 e. The van der Waals surface area contributed by atoms with Crippen LogP contribution in [0.3, 0.4) is 0 Å². The molecule has 26 heavy (non-hydrogen) atoms. The van der Waals surface area contributed by atoms with Gasteiger partial charge in [0, 0.05) is 18.7 Å². The molecule has 2 amide bonds. The molecule has 2 rings (SSSR count). The van der Waals surface area contributed by atoms with E-state index in [0.29, 0.717) is 5.75 Å². The molecule has 1 saturated heterocycles. The average Bonchev–Trinajstić information content (AvgIpc) is 3.06. The molecular formula is C16H17F3N2O5. The van der Waals surface area contributed by atoms with Gasteiger partial charge >= 0.3 is 12.1 Å². The predicted octanol–water partition coefficient (Wildman–Crippen LogP) is 1.29. The number of alkyl halides is 3. The van der Waals surface area contributed by atoms with Gasteiger partial charge < -0.3 is 20.1 Å². The number of rotatable bonds is 5. The molecule has 1 aliphatic heterocycles. The summed E-state index contributed by atoms with van der Waals surface area (Å²) in [5.74, 6) is -2.97. The second-order valence-corrected chi connectivity index (χ2v) is 5.86. The molecule has 10 heteroatoms. The highest BCUT2D eigenvalue weighted by molar-refractivity contribution is 5.96. The summed E-state index contributed by atoms with van der Waals surface area (Å²) >= 11 is 0. The van der Waals surface area contributed by atoms with Crippen molar-refractivity contribution >= 4 is 17.8 Å². The standard InChI is InChI=1S/C16H17F3N2O5/c1-26-11-4-2-3-10(7-11)13(23)20-8-12(22)21-6-5-15(9-21,14(24)25)16(17,18)19/h2-4,7H,5-6,8-9H2,1H3,(H,20,23)(H,24,25). The molecule has 7 nitrogen and oxygen atoms in total. The van der Waals surface area contributed by atoms with Crippen LogP contribution < -0.4 is 10.1 Å². The Labute approximate surface area is 146 Å². The minimum absolute atomic E-state index is 0.216. The summed E-state index contributed by atoms with van der Waals surface area (Å²) in [6, 6.07) is 6.11. The fourth-order valence-corrected chi connectivity index (χ4v) is 2.68. The summed E-state index contributed by atoms with van der Waals surface area (Å²) in [6.45, 7) is -1.86. The van der Waals surface area contributed by atoms with Crippen molar-refractivity contribution in [2.45, 2.75) is 12.6 Å². The lowest BCUT2D eigenvalue weighted by atomic mass is 9.86. The fourth-order valence-electron chi connectivity index (χ4n) is 2.68. The van der Waals surface area contributed by atoms with Crippen LogP contribution in [0.15, 0.2) is 24.3 Å². The summed E-state index contributed by atoms with van der Waals surface area (Å²) in [5.41, 5.74) is -2.76. The fraction of sp³-hybridized carbons (Fsp3) is 0.438. The van der Waals surface area contributed by atoms with Crippen LogP contribution in [-0.2, 0) is 9.59 Å². The summed E-state index contributed by atoms with van der Waals surface area (Å²) in [7, 11) is 1.42. The van der Waals surface area contributed by atoms with E-state index >= 15 is 0 Å². The molecule has 1 aromatic rings. The van der Waals surface area contributed by atoms with E-state index in [9.17, 15) is 27.6 Å². The molecule has 1 atom stereocenters. The van der Waals surface area contributed by atoms with E-state index < -0.39 is 48.9 Å². The van der Waals surface area contributed by atoms with Crippen molar-refractivity contribution in [3.8, 4) is 5.75 Å². The lowest BCUT2D eigenvalue weighted by molar-refractivity contribution is -0.227. The third-order valence-electron chi connectivity index (χ3n) is 4.31. The number of nitrogens with one attached hydrogen (secondary N) is 1. The summed E-state index contributed by atoms with van der Waals surface area (Å²) in [6.07, 6.45) is -5.70. The molecule has 142 valence electrons. The molecule has 1 fully saturated rings. The Morgan fingerprint density at radius 1 is 1.35 bits per heavy atom. The maximum absolute atomic E-state index is 13.1. The summed E-state index contributed by atoms with van der Waals surface area (Å²) in [4.78, 5) is 36.0. The molecule has 0 aromatic heterocycles. The van der Waals surface area contributed by atoms with Crippen molar-refractivity contribution in [3.05, 3.63) is 29.8 Å². The zero-order valence-electron chi connectivity index (χ0n) is 13.8. The van der Waals surface area contributed by atoms with Crippen LogP contribution in [0.25, 0.3) is 0 Å². The Kier molecular flexibility index (Phi) is 5.43. The van der Waals surface area contributed by atoms with E-state index in [0.717, 1.165) is 4.90 Å². The summed E-state index contributed by atoms with van der Waals surface area (Å²) < 4.78 is 44.3. The van der Waals surface area contributed by atoms with Crippen molar-refractivity contribution in [2.24, 2.45) is 5.41 Å². The van der Waals surface area contributed by atoms with Gasteiger partial charge in [-0.05, 0) is 24.6 Å². The van der Waals surface area contributed by atoms with Crippen LogP contribution in [-0.4, -0.2) is 60.7 Å². The molecule has 0 bridgehead atoms. The maximum atomic E-state index is 13.1. The Hall–Kier alpha value is -2.78. The largest absolute Gasteiger partial charge is 0.497 e. The van der Waals surface area contributed by atoms with E-state index in [1.54, 1.807) is 12.1 Å². The van der Waals surface area contributed by atoms with Crippen LogP contribution in [0.2, 0.25) is 0 Å². The Balaban J connectivity index is 1.98. The molecule has 2 N–H and O–H groups in total.